The second kappa shape index (κ2) is 6.08. The number of rotatable bonds is 5. The highest BCUT2D eigenvalue weighted by molar-refractivity contribution is 5.89. The van der Waals surface area contributed by atoms with Crippen molar-refractivity contribution in [2.75, 3.05) is 6.61 Å². The molecule has 0 aromatic carbocycles. The lowest BCUT2D eigenvalue weighted by atomic mass is 10.2. The van der Waals surface area contributed by atoms with Crippen molar-refractivity contribution in [2.24, 2.45) is 7.05 Å². The van der Waals surface area contributed by atoms with Crippen LogP contribution in [0, 0.1) is 0 Å². The van der Waals surface area contributed by atoms with Crippen LogP contribution in [0.3, 0.4) is 0 Å². The molecule has 1 aromatic heterocycles. The van der Waals surface area contributed by atoms with Gasteiger partial charge in [-0.05, 0) is 25.5 Å². The van der Waals surface area contributed by atoms with E-state index in [1.54, 1.807) is 29.9 Å². The zero-order chi connectivity index (χ0) is 12.8. The third-order valence-corrected chi connectivity index (χ3v) is 2.51. The van der Waals surface area contributed by atoms with E-state index in [1.807, 2.05) is 13.8 Å². The Kier molecular flexibility index (Phi) is 4.75. The summed E-state index contributed by atoms with van der Waals surface area (Å²) in [6.45, 7) is 3.63. The van der Waals surface area contributed by atoms with Crippen LogP contribution in [0.1, 0.15) is 30.8 Å². The quantitative estimate of drug-likeness (QED) is 0.781. The first-order valence-corrected chi connectivity index (χ1v) is 5.62. The van der Waals surface area contributed by atoms with E-state index in [0.717, 1.165) is 6.42 Å². The average molecular weight is 238 g/mol. The van der Waals surface area contributed by atoms with E-state index in [4.69, 9.17) is 4.74 Å². The van der Waals surface area contributed by atoms with Crippen LogP contribution in [0.5, 0.6) is 0 Å². The Morgan fingerprint density at radius 1 is 1.53 bits per heavy atom. The average Bonchev–Trinajstić information content (AvgIpc) is 2.72. The molecule has 0 aliphatic heterocycles. The number of hydrogen-bond donors (Lipinski definition) is 1. The van der Waals surface area contributed by atoms with Crippen LogP contribution in [0.2, 0.25) is 0 Å². The maximum Gasteiger partial charge on any atom is 0.355 e. The van der Waals surface area contributed by atoms with Crippen molar-refractivity contribution in [1.29, 1.82) is 0 Å². The summed E-state index contributed by atoms with van der Waals surface area (Å²) in [6, 6.07) is 3.49. The normalized spacial score (nSPS) is 11.9. The fraction of sp³-hybridized carbons (Fsp3) is 0.500. The fourth-order valence-corrected chi connectivity index (χ4v) is 1.30. The number of ether oxygens (including phenoxy) is 1. The minimum absolute atomic E-state index is 0.0937. The molecule has 0 radical (unpaired) electrons. The maximum absolute atomic E-state index is 11.6. The SMILES string of the molecule is CC[C@H](C)NC(=O)COC(=O)c1cccn1C. The smallest absolute Gasteiger partial charge is 0.355 e. The van der Waals surface area contributed by atoms with Crippen LogP contribution in [-0.2, 0) is 16.6 Å². The van der Waals surface area contributed by atoms with Crippen LogP contribution in [0.4, 0.5) is 0 Å². The molecular formula is C12H18N2O3. The van der Waals surface area contributed by atoms with Crippen molar-refractivity contribution in [2.45, 2.75) is 26.3 Å². The molecule has 1 rings (SSSR count). The number of nitrogens with one attached hydrogen (secondary N) is 1. The van der Waals surface area contributed by atoms with E-state index in [9.17, 15) is 9.59 Å². The van der Waals surface area contributed by atoms with Gasteiger partial charge in [-0.25, -0.2) is 4.79 Å². The molecule has 0 aliphatic rings. The molecular weight excluding hydrogens is 220 g/mol. The number of esters is 1. The van der Waals surface area contributed by atoms with Gasteiger partial charge in [-0.3, -0.25) is 4.79 Å². The molecule has 0 spiro atoms. The Bertz CT molecular complexity index is 398. The van der Waals surface area contributed by atoms with Crippen molar-refractivity contribution >= 4 is 11.9 Å². The highest BCUT2D eigenvalue weighted by Crippen LogP contribution is 2.01. The summed E-state index contributed by atoms with van der Waals surface area (Å²) < 4.78 is 6.55. The lowest BCUT2D eigenvalue weighted by molar-refractivity contribution is -0.124. The van der Waals surface area contributed by atoms with Gasteiger partial charge >= 0.3 is 5.97 Å². The van der Waals surface area contributed by atoms with Gasteiger partial charge in [0.15, 0.2) is 6.61 Å². The first kappa shape index (κ1) is 13.3. The van der Waals surface area contributed by atoms with Gasteiger partial charge in [0, 0.05) is 19.3 Å². The van der Waals surface area contributed by atoms with Gasteiger partial charge in [0.1, 0.15) is 5.69 Å². The molecule has 0 fully saturated rings. The van der Waals surface area contributed by atoms with Gasteiger partial charge in [-0.15, -0.1) is 0 Å². The first-order valence-electron chi connectivity index (χ1n) is 5.62. The van der Waals surface area contributed by atoms with Crippen molar-refractivity contribution in [3.05, 3.63) is 24.0 Å². The molecule has 0 aliphatic carbocycles. The number of carbonyl (C=O) groups is 2. The molecule has 1 amide bonds. The second-order valence-electron chi connectivity index (χ2n) is 3.96. The Morgan fingerprint density at radius 2 is 2.24 bits per heavy atom. The molecule has 94 valence electrons. The highest BCUT2D eigenvalue weighted by atomic mass is 16.5. The van der Waals surface area contributed by atoms with Crippen molar-refractivity contribution in [3.8, 4) is 0 Å². The van der Waals surface area contributed by atoms with Crippen LogP contribution in [0.25, 0.3) is 0 Å². The van der Waals surface area contributed by atoms with Crippen LogP contribution in [-0.4, -0.2) is 29.1 Å². The summed E-state index contributed by atoms with van der Waals surface area (Å²) in [5, 5.41) is 2.72. The van der Waals surface area contributed by atoms with E-state index >= 15 is 0 Å². The zero-order valence-electron chi connectivity index (χ0n) is 10.4. The highest BCUT2D eigenvalue weighted by Gasteiger charge is 2.13. The number of nitrogens with zero attached hydrogens (tertiary/aromatic N) is 1. The minimum Gasteiger partial charge on any atom is -0.451 e. The third-order valence-electron chi connectivity index (χ3n) is 2.51. The van der Waals surface area contributed by atoms with E-state index in [2.05, 4.69) is 5.32 Å². The molecule has 5 nitrogen and oxygen atoms in total. The standard InChI is InChI=1S/C12H18N2O3/c1-4-9(2)13-11(15)8-17-12(16)10-6-5-7-14(10)3/h5-7,9H,4,8H2,1-3H3,(H,13,15)/t9-/m0/s1. The molecule has 1 aromatic rings. The van der Waals surface area contributed by atoms with E-state index in [1.165, 1.54) is 0 Å². The van der Waals surface area contributed by atoms with Gasteiger partial charge in [-0.2, -0.15) is 0 Å². The van der Waals surface area contributed by atoms with Crippen LogP contribution < -0.4 is 5.32 Å². The lowest BCUT2D eigenvalue weighted by Gasteiger charge is -2.11. The summed E-state index contributed by atoms with van der Waals surface area (Å²) in [5.41, 5.74) is 0.432. The molecule has 1 heterocycles. The Balaban J connectivity index is 2.39. The summed E-state index contributed by atoms with van der Waals surface area (Å²) in [4.78, 5) is 22.9. The molecule has 0 bridgehead atoms. The Hall–Kier alpha value is -1.78. The second-order valence-corrected chi connectivity index (χ2v) is 3.96. The van der Waals surface area contributed by atoms with Crippen molar-refractivity contribution < 1.29 is 14.3 Å². The van der Waals surface area contributed by atoms with Gasteiger partial charge in [0.05, 0.1) is 0 Å². The lowest BCUT2D eigenvalue weighted by Crippen LogP contribution is -2.35. The van der Waals surface area contributed by atoms with Gasteiger partial charge in [0.2, 0.25) is 0 Å². The van der Waals surface area contributed by atoms with E-state index < -0.39 is 5.97 Å². The maximum atomic E-state index is 11.6. The topological polar surface area (TPSA) is 60.3 Å². The van der Waals surface area contributed by atoms with E-state index in [0.29, 0.717) is 5.69 Å². The summed E-state index contributed by atoms with van der Waals surface area (Å²) >= 11 is 0. The molecule has 1 N–H and O–H groups in total. The molecule has 0 saturated heterocycles. The van der Waals surface area contributed by atoms with Gasteiger partial charge < -0.3 is 14.6 Å². The Labute approximate surface area is 101 Å². The number of aryl methyl sites for hydroxylation is 1. The van der Waals surface area contributed by atoms with Crippen LogP contribution in [0.15, 0.2) is 18.3 Å². The van der Waals surface area contributed by atoms with Crippen molar-refractivity contribution in [1.82, 2.24) is 9.88 Å². The molecule has 0 unspecified atom stereocenters. The monoisotopic (exact) mass is 238 g/mol. The molecule has 5 heteroatoms. The first-order chi connectivity index (χ1) is 8.04. The predicted octanol–water partition coefficient (Wildman–Crippen LogP) is 1.10. The number of aromatic nitrogens is 1. The number of hydrogen-bond acceptors (Lipinski definition) is 3. The minimum atomic E-state index is -0.489. The Morgan fingerprint density at radius 3 is 2.76 bits per heavy atom. The summed E-state index contributed by atoms with van der Waals surface area (Å²) in [6.07, 6.45) is 2.59. The van der Waals surface area contributed by atoms with Gasteiger partial charge in [0.25, 0.3) is 5.91 Å². The summed E-state index contributed by atoms with van der Waals surface area (Å²) in [5.74, 6) is -0.765. The van der Waals surface area contributed by atoms with Gasteiger partial charge in [-0.1, -0.05) is 6.92 Å². The molecule has 0 saturated carbocycles. The number of carbonyl (C=O) groups excluding carboxylic acids is 2. The number of amides is 1. The largest absolute Gasteiger partial charge is 0.451 e. The third kappa shape index (κ3) is 3.94. The fourth-order valence-electron chi connectivity index (χ4n) is 1.30. The molecule has 17 heavy (non-hydrogen) atoms. The zero-order valence-corrected chi connectivity index (χ0v) is 10.4. The van der Waals surface area contributed by atoms with E-state index in [-0.39, 0.29) is 18.6 Å². The predicted molar refractivity (Wildman–Crippen MR) is 63.6 cm³/mol. The molecule has 1 atom stereocenters. The van der Waals surface area contributed by atoms with Crippen LogP contribution >= 0.6 is 0 Å². The summed E-state index contributed by atoms with van der Waals surface area (Å²) in [7, 11) is 1.75. The van der Waals surface area contributed by atoms with Crippen molar-refractivity contribution in [3.63, 3.8) is 0 Å².